The number of rotatable bonds is 9. The van der Waals surface area contributed by atoms with Crippen LogP contribution >= 0.6 is 0 Å². The minimum atomic E-state index is -4.04. The zero-order valence-electron chi connectivity index (χ0n) is 21.2. The first-order valence-electron chi connectivity index (χ1n) is 12.5. The van der Waals surface area contributed by atoms with Gasteiger partial charge in [-0.25, -0.2) is 12.8 Å². The number of halogens is 1. The molecule has 0 spiro atoms. The summed E-state index contributed by atoms with van der Waals surface area (Å²) in [6, 6.07) is 12.1. The van der Waals surface area contributed by atoms with E-state index >= 15 is 0 Å². The standard InChI is InChI=1S/C26H35FN4O5S/c1-26(2)24(19-7-9-20(10-8-19)35-18-16-31-14-12-28-13-15-31)37(33,34)30-25(36-26)29-23(11-17-32)21-5-3-4-6-22(21)27/h3-10,23-24,28,32H,11-18H2,1-2H3,(H,29,30)/t23-,24?/m0/s1. The summed E-state index contributed by atoms with van der Waals surface area (Å²) in [5, 5.41) is 14.6. The van der Waals surface area contributed by atoms with Gasteiger partial charge in [-0.3, -0.25) is 4.90 Å². The monoisotopic (exact) mass is 534 g/mol. The number of sulfonamides is 1. The third-order valence-electron chi connectivity index (χ3n) is 6.56. The first-order chi connectivity index (χ1) is 17.7. The van der Waals surface area contributed by atoms with E-state index in [1.54, 1.807) is 56.3 Å². The van der Waals surface area contributed by atoms with Crippen molar-refractivity contribution >= 4 is 16.0 Å². The molecule has 2 aromatic rings. The molecule has 9 nitrogen and oxygen atoms in total. The van der Waals surface area contributed by atoms with Crippen LogP contribution in [0.2, 0.25) is 0 Å². The number of nitrogens with one attached hydrogen (secondary N) is 2. The number of benzene rings is 2. The molecule has 11 heteroatoms. The lowest BCUT2D eigenvalue weighted by atomic mass is 9.97. The van der Waals surface area contributed by atoms with Crippen molar-refractivity contribution in [2.24, 2.45) is 4.40 Å². The molecule has 2 aliphatic heterocycles. The van der Waals surface area contributed by atoms with Crippen LogP contribution in [-0.4, -0.2) is 76.0 Å². The zero-order chi connectivity index (χ0) is 26.5. The van der Waals surface area contributed by atoms with E-state index in [-0.39, 0.29) is 24.6 Å². The average Bonchev–Trinajstić information content (AvgIpc) is 2.84. The van der Waals surface area contributed by atoms with E-state index in [0.29, 0.717) is 17.9 Å². The van der Waals surface area contributed by atoms with Crippen LogP contribution in [-0.2, 0) is 14.8 Å². The second-order valence-corrected chi connectivity index (χ2v) is 11.4. The molecule has 4 rings (SSSR count). The quantitative estimate of drug-likeness (QED) is 0.450. The zero-order valence-corrected chi connectivity index (χ0v) is 22.0. The Labute approximate surface area is 217 Å². The molecule has 3 N–H and O–H groups in total. The van der Waals surface area contributed by atoms with Gasteiger partial charge >= 0.3 is 6.02 Å². The van der Waals surface area contributed by atoms with Crippen molar-refractivity contribution in [3.63, 3.8) is 0 Å². The van der Waals surface area contributed by atoms with E-state index in [9.17, 15) is 17.9 Å². The molecule has 1 fully saturated rings. The van der Waals surface area contributed by atoms with E-state index in [1.165, 1.54) is 6.07 Å². The van der Waals surface area contributed by atoms with Gasteiger partial charge in [0.2, 0.25) is 0 Å². The Bertz CT molecular complexity index is 1180. The van der Waals surface area contributed by atoms with Gasteiger partial charge < -0.3 is 25.2 Å². The van der Waals surface area contributed by atoms with Crippen LogP contribution in [0.1, 0.15) is 42.7 Å². The molecule has 2 aromatic carbocycles. The van der Waals surface area contributed by atoms with Crippen molar-refractivity contribution in [2.75, 3.05) is 45.9 Å². The topological polar surface area (TPSA) is 112 Å². The van der Waals surface area contributed by atoms with Gasteiger partial charge in [-0.1, -0.05) is 30.3 Å². The van der Waals surface area contributed by atoms with Gasteiger partial charge in [0.15, 0.2) is 0 Å². The minimum absolute atomic E-state index is 0.142. The minimum Gasteiger partial charge on any atom is -0.492 e. The van der Waals surface area contributed by atoms with Gasteiger partial charge in [0.25, 0.3) is 10.0 Å². The number of amidine groups is 1. The fourth-order valence-corrected chi connectivity index (χ4v) is 6.48. The highest BCUT2D eigenvalue weighted by atomic mass is 32.2. The molecule has 0 amide bonds. The molecule has 2 heterocycles. The molecular formula is C26H35FN4O5S. The summed E-state index contributed by atoms with van der Waals surface area (Å²) in [7, 11) is -4.04. The Morgan fingerprint density at radius 1 is 1.22 bits per heavy atom. The van der Waals surface area contributed by atoms with E-state index in [2.05, 4.69) is 19.9 Å². The lowest BCUT2D eigenvalue weighted by Crippen LogP contribution is -2.47. The van der Waals surface area contributed by atoms with Crippen LogP contribution in [0.4, 0.5) is 4.39 Å². The maximum Gasteiger partial charge on any atom is 0.301 e. The van der Waals surface area contributed by atoms with E-state index in [1.807, 2.05) is 0 Å². The predicted molar refractivity (Wildman–Crippen MR) is 139 cm³/mol. The normalized spacial score (nSPS) is 21.9. The predicted octanol–water partition coefficient (Wildman–Crippen LogP) is 2.36. The van der Waals surface area contributed by atoms with Crippen LogP contribution in [0.25, 0.3) is 0 Å². The van der Waals surface area contributed by atoms with Crippen LogP contribution in [0.3, 0.4) is 0 Å². The maximum absolute atomic E-state index is 14.4. The highest BCUT2D eigenvalue weighted by molar-refractivity contribution is 7.90. The van der Waals surface area contributed by atoms with E-state index in [0.717, 1.165) is 32.7 Å². The molecule has 0 aliphatic carbocycles. The van der Waals surface area contributed by atoms with Gasteiger partial charge in [0, 0.05) is 44.9 Å². The third-order valence-corrected chi connectivity index (χ3v) is 8.42. The van der Waals surface area contributed by atoms with E-state index < -0.39 is 32.7 Å². The first-order valence-corrected chi connectivity index (χ1v) is 14.0. The SMILES string of the molecule is CC1(C)OC(N[C@@H](CCO)c2ccccc2F)=NS(=O)(=O)C1c1ccc(OCCN2CCNCC2)cc1. The first kappa shape index (κ1) is 27.3. The van der Waals surface area contributed by atoms with Crippen LogP contribution in [0.15, 0.2) is 52.9 Å². The molecule has 0 saturated carbocycles. The Hall–Kier alpha value is -2.73. The maximum atomic E-state index is 14.4. The van der Waals surface area contributed by atoms with Crippen molar-refractivity contribution in [3.05, 3.63) is 65.5 Å². The second-order valence-electron chi connectivity index (χ2n) is 9.74. The van der Waals surface area contributed by atoms with Crippen molar-refractivity contribution < 1.29 is 27.4 Å². The number of nitrogens with zero attached hydrogens (tertiary/aromatic N) is 2. The van der Waals surface area contributed by atoms with Gasteiger partial charge in [-0.05, 0) is 44.0 Å². The number of aliphatic hydroxyl groups is 1. The molecular weight excluding hydrogens is 499 g/mol. The smallest absolute Gasteiger partial charge is 0.301 e. The van der Waals surface area contributed by atoms with Gasteiger partial charge in [0.1, 0.15) is 29.0 Å². The number of aliphatic hydroxyl groups excluding tert-OH is 1. The van der Waals surface area contributed by atoms with Crippen LogP contribution < -0.4 is 15.4 Å². The Morgan fingerprint density at radius 2 is 1.92 bits per heavy atom. The average molecular weight is 535 g/mol. The summed E-state index contributed by atoms with van der Waals surface area (Å²) in [5.74, 6) is 0.188. The summed E-state index contributed by atoms with van der Waals surface area (Å²) in [6.45, 7) is 8.44. The van der Waals surface area contributed by atoms with Crippen molar-refractivity contribution in [2.45, 2.75) is 37.2 Å². The molecule has 2 aliphatic rings. The summed E-state index contributed by atoms with van der Waals surface area (Å²) >= 11 is 0. The largest absolute Gasteiger partial charge is 0.492 e. The molecule has 0 radical (unpaired) electrons. The highest BCUT2D eigenvalue weighted by Gasteiger charge is 2.47. The summed E-state index contributed by atoms with van der Waals surface area (Å²) in [4.78, 5) is 2.33. The van der Waals surface area contributed by atoms with E-state index in [4.69, 9.17) is 9.47 Å². The number of ether oxygens (including phenoxy) is 2. The molecule has 0 bridgehead atoms. The number of hydrogen-bond acceptors (Lipinski definition) is 8. The molecule has 1 unspecified atom stereocenters. The molecule has 202 valence electrons. The van der Waals surface area contributed by atoms with Gasteiger partial charge in [0.05, 0.1) is 6.04 Å². The fourth-order valence-electron chi connectivity index (χ4n) is 4.78. The molecule has 0 aromatic heterocycles. The third kappa shape index (κ3) is 6.78. The Balaban J connectivity index is 1.47. The van der Waals surface area contributed by atoms with Crippen molar-refractivity contribution in [3.8, 4) is 5.75 Å². The number of piperazine rings is 1. The van der Waals surface area contributed by atoms with Crippen molar-refractivity contribution in [1.29, 1.82) is 0 Å². The van der Waals surface area contributed by atoms with Gasteiger partial charge in [-0.2, -0.15) is 0 Å². The number of hydrogen-bond donors (Lipinski definition) is 3. The Morgan fingerprint density at radius 3 is 2.57 bits per heavy atom. The summed E-state index contributed by atoms with van der Waals surface area (Å²) in [5.41, 5.74) is -0.358. The lowest BCUT2D eigenvalue weighted by molar-refractivity contribution is 0.0759. The second kappa shape index (κ2) is 11.8. The van der Waals surface area contributed by atoms with Crippen LogP contribution in [0, 0.1) is 5.82 Å². The molecule has 37 heavy (non-hydrogen) atoms. The lowest BCUT2D eigenvalue weighted by Gasteiger charge is -2.38. The molecule has 1 saturated heterocycles. The highest BCUT2D eigenvalue weighted by Crippen LogP contribution is 2.41. The van der Waals surface area contributed by atoms with Crippen molar-refractivity contribution in [1.82, 2.24) is 15.5 Å². The van der Waals surface area contributed by atoms with Gasteiger partial charge in [-0.15, -0.1) is 4.40 Å². The fraction of sp³-hybridized carbons (Fsp3) is 0.500. The van der Waals surface area contributed by atoms with Crippen LogP contribution in [0.5, 0.6) is 5.75 Å². The Kier molecular flexibility index (Phi) is 8.68. The summed E-state index contributed by atoms with van der Waals surface area (Å²) < 4.78 is 56.7. The molecule has 2 atom stereocenters. The summed E-state index contributed by atoms with van der Waals surface area (Å²) in [6.07, 6.45) is 0.142.